The van der Waals surface area contributed by atoms with E-state index in [0.717, 1.165) is 6.20 Å². The summed E-state index contributed by atoms with van der Waals surface area (Å²) in [5.41, 5.74) is -0.171. The number of benzene rings is 1. The molecule has 3 aromatic heterocycles. The summed E-state index contributed by atoms with van der Waals surface area (Å²) in [6.45, 7) is 3.35. The van der Waals surface area contributed by atoms with E-state index in [1.54, 1.807) is 18.5 Å². The molecule has 0 bridgehead atoms. The highest BCUT2D eigenvalue weighted by atomic mass is 19.4. The van der Waals surface area contributed by atoms with Crippen molar-refractivity contribution in [3.8, 4) is 17.4 Å². The van der Waals surface area contributed by atoms with Gasteiger partial charge in [-0.25, -0.2) is 13.8 Å². The van der Waals surface area contributed by atoms with E-state index in [4.69, 9.17) is 4.74 Å². The van der Waals surface area contributed by atoms with Crippen LogP contribution in [0.15, 0.2) is 48.8 Å². The van der Waals surface area contributed by atoms with Gasteiger partial charge in [0.25, 0.3) is 5.91 Å². The van der Waals surface area contributed by atoms with E-state index in [9.17, 15) is 22.4 Å². The van der Waals surface area contributed by atoms with Crippen molar-refractivity contribution in [3.05, 3.63) is 77.1 Å². The van der Waals surface area contributed by atoms with Crippen molar-refractivity contribution in [1.29, 1.82) is 0 Å². The molecule has 0 aliphatic heterocycles. The fourth-order valence-electron chi connectivity index (χ4n) is 3.54. The molecule has 0 saturated heterocycles. The Balaban J connectivity index is 1.61. The van der Waals surface area contributed by atoms with Crippen molar-refractivity contribution in [3.63, 3.8) is 0 Å². The van der Waals surface area contributed by atoms with E-state index >= 15 is 0 Å². The van der Waals surface area contributed by atoms with Gasteiger partial charge in [0, 0.05) is 17.3 Å². The average Bonchev–Trinajstić information content (AvgIpc) is 3.44. The van der Waals surface area contributed by atoms with Gasteiger partial charge in [-0.3, -0.25) is 4.79 Å². The number of nitrogens with one attached hydrogen (secondary N) is 1. The molecule has 4 rings (SSSR count). The lowest BCUT2D eigenvalue weighted by Gasteiger charge is -2.16. The number of carbonyl (C=O) groups is 1. The zero-order chi connectivity index (χ0) is 25.3. The second kappa shape index (κ2) is 9.16. The molecule has 13 heteroatoms. The maximum Gasteiger partial charge on any atom is 0.434 e. The van der Waals surface area contributed by atoms with Gasteiger partial charge >= 0.3 is 6.18 Å². The molecule has 182 valence electrons. The third kappa shape index (κ3) is 4.69. The highest BCUT2D eigenvalue weighted by Gasteiger charge is 2.41. The first-order valence-corrected chi connectivity index (χ1v) is 10.2. The van der Waals surface area contributed by atoms with Crippen LogP contribution in [0, 0.1) is 12.7 Å². The van der Waals surface area contributed by atoms with E-state index in [1.165, 1.54) is 49.7 Å². The normalized spacial score (nSPS) is 12.4. The van der Waals surface area contributed by atoms with Crippen LogP contribution in [0.4, 0.5) is 17.6 Å². The molecule has 0 radical (unpaired) electrons. The summed E-state index contributed by atoms with van der Waals surface area (Å²) in [5.74, 6) is -1.51. The Morgan fingerprint density at radius 2 is 1.71 bits per heavy atom. The fourth-order valence-corrected chi connectivity index (χ4v) is 3.54. The number of aromatic nitrogens is 6. The molecule has 1 amide bonds. The minimum absolute atomic E-state index is 0.109. The maximum absolute atomic E-state index is 13.9. The number of nitrogens with zero attached hydrogens (tertiary/aromatic N) is 6. The number of hydrogen-bond acceptors (Lipinski definition) is 6. The third-order valence-corrected chi connectivity index (χ3v) is 5.27. The van der Waals surface area contributed by atoms with Gasteiger partial charge in [-0.1, -0.05) is 0 Å². The molecule has 35 heavy (non-hydrogen) atoms. The third-order valence-electron chi connectivity index (χ3n) is 5.27. The SMILES string of the molecule is COc1ccc(-n2ncc(C(=O)NC(C)c3cnn(-c4ccc(F)cc4)c3C)c2C(F)(F)F)nn1. The Kier molecular flexibility index (Phi) is 6.24. The summed E-state index contributed by atoms with van der Waals surface area (Å²) in [6, 6.07) is 7.51. The van der Waals surface area contributed by atoms with Crippen LogP contribution in [0.25, 0.3) is 11.5 Å². The predicted octanol–water partition coefficient (Wildman–Crippen LogP) is 3.81. The molecular weight excluding hydrogens is 470 g/mol. The van der Waals surface area contributed by atoms with Crippen molar-refractivity contribution in [1.82, 2.24) is 35.1 Å². The molecule has 4 aromatic rings. The predicted molar refractivity (Wildman–Crippen MR) is 115 cm³/mol. The van der Waals surface area contributed by atoms with E-state index < -0.39 is 35.2 Å². The molecule has 0 fully saturated rings. The molecule has 1 atom stereocenters. The maximum atomic E-state index is 13.9. The molecule has 1 aromatic carbocycles. The van der Waals surface area contributed by atoms with Gasteiger partial charge < -0.3 is 10.1 Å². The van der Waals surface area contributed by atoms with Gasteiger partial charge in [-0.2, -0.15) is 23.4 Å². The zero-order valence-electron chi connectivity index (χ0n) is 18.7. The molecule has 3 heterocycles. The quantitative estimate of drug-likeness (QED) is 0.414. The number of hydrogen-bond donors (Lipinski definition) is 1. The van der Waals surface area contributed by atoms with Crippen molar-refractivity contribution in [2.75, 3.05) is 7.11 Å². The molecule has 0 aliphatic carbocycles. The smallest absolute Gasteiger partial charge is 0.434 e. The minimum Gasteiger partial charge on any atom is -0.480 e. The summed E-state index contributed by atoms with van der Waals surface area (Å²) in [5, 5.41) is 17.9. The average molecular weight is 489 g/mol. The lowest BCUT2D eigenvalue weighted by molar-refractivity contribution is -0.143. The first-order chi connectivity index (χ1) is 16.6. The minimum atomic E-state index is -4.91. The Labute approximate surface area is 196 Å². The summed E-state index contributed by atoms with van der Waals surface area (Å²) in [7, 11) is 1.34. The summed E-state index contributed by atoms with van der Waals surface area (Å²) in [6.07, 6.45) is -2.59. The van der Waals surface area contributed by atoms with Gasteiger partial charge in [0.2, 0.25) is 5.88 Å². The Bertz CT molecular complexity index is 1350. The second-order valence-electron chi connectivity index (χ2n) is 7.52. The topological polar surface area (TPSA) is 99.8 Å². The van der Waals surface area contributed by atoms with Crippen LogP contribution in [0.3, 0.4) is 0 Å². The lowest BCUT2D eigenvalue weighted by atomic mass is 10.1. The largest absolute Gasteiger partial charge is 0.480 e. The number of halogens is 4. The van der Waals surface area contributed by atoms with Crippen LogP contribution in [0.2, 0.25) is 0 Å². The number of methoxy groups -OCH3 is 1. The summed E-state index contributed by atoms with van der Waals surface area (Å²) < 4.78 is 61.9. The van der Waals surface area contributed by atoms with Crippen molar-refractivity contribution < 1.29 is 27.1 Å². The molecule has 0 saturated carbocycles. The van der Waals surface area contributed by atoms with Crippen LogP contribution >= 0.6 is 0 Å². The molecule has 1 N–H and O–H groups in total. The van der Waals surface area contributed by atoms with Crippen molar-refractivity contribution in [2.24, 2.45) is 0 Å². The number of alkyl halides is 3. The fraction of sp³-hybridized carbons (Fsp3) is 0.227. The Morgan fingerprint density at radius 1 is 1.03 bits per heavy atom. The molecule has 0 spiro atoms. The van der Waals surface area contributed by atoms with Gasteiger partial charge in [0.1, 0.15) is 5.82 Å². The lowest BCUT2D eigenvalue weighted by Crippen LogP contribution is -2.29. The van der Waals surface area contributed by atoms with E-state index in [1.807, 2.05) is 0 Å². The first kappa shape index (κ1) is 23.9. The Morgan fingerprint density at radius 3 is 2.31 bits per heavy atom. The van der Waals surface area contributed by atoms with E-state index in [2.05, 4.69) is 25.7 Å². The Hall–Kier alpha value is -4.29. The van der Waals surface area contributed by atoms with Crippen LogP contribution in [-0.2, 0) is 6.18 Å². The van der Waals surface area contributed by atoms with Gasteiger partial charge in [0.15, 0.2) is 11.5 Å². The number of amides is 1. The van der Waals surface area contributed by atoms with Crippen molar-refractivity contribution >= 4 is 5.91 Å². The first-order valence-electron chi connectivity index (χ1n) is 10.2. The number of ether oxygens (including phenoxy) is 1. The molecule has 0 aliphatic rings. The highest BCUT2D eigenvalue weighted by molar-refractivity contribution is 5.95. The molecular formula is C22H19F4N7O2. The second-order valence-corrected chi connectivity index (χ2v) is 7.52. The summed E-state index contributed by atoms with van der Waals surface area (Å²) >= 11 is 0. The van der Waals surface area contributed by atoms with Crippen LogP contribution in [0.1, 0.15) is 40.3 Å². The van der Waals surface area contributed by atoms with Gasteiger partial charge in [-0.05, 0) is 44.2 Å². The van der Waals surface area contributed by atoms with E-state index in [0.29, 0.717) is 21.6 Å². The van der Waals surface area contributed by atoms with Crippen LogP contribution in [-0.4, -0.2) is 42.8 Å². The van der Waals surface area contributed by atoms with Crippen molar-refractivity contribution in [2.45, 2.75) is 26.1 Å². The molecule has 9 nitrogen and oxygen atoms in total. The van der Waals surface area contributed by atoms with Crippen LogP contribution < -0.4 is 10.1 Å². The number of carbonyl (C=O) groups excluding carboxylic acids is 1. The standard InChI is InChI=1S/C22H19F4N7O2/c1-12(16-10-27-32(13(16)2)15-6-4-14(23)5-7-15)29-21(34)17-11-28-33(20(17)22(24,25)26)18-8-9-19(35-3)31-30-18/h4-12H,1-3H3,(H,29,34). The van der Waals surface area contributed by atoms with E-state index in [-0.39, 0.29) is 11.7 Å². The van der Waals surface area contributed by atoms with Crippen LogP contribution in [0.5, 0.6) is 5.88 Å². The molecule has 1 unspecified atom stereocenters. The number of rotatable bonds is 6. The summed E-state index contributed by atoms with van der Waals surface area (Å²) in [4.78, 5) is 12.9. The van der Waals surface area contributed by atoms with Gasteiger partial charge in [0.05, 0.1) is 36.8 Å². The highest BCUT2D eigenvalue weighted by Crippen LogP contribution is 2.33. The van der Waals surface area contributed by atoms with Gasteiger partial charge in [-0.15, -0.1) is 10.2 Å². The monoisotopic (exact) mass is 489 g/mol. The zero-order valence-corrected chi connectivity index (χ0v) is 18.7.